The lowest BCUT2D eigenvalue weighted by molar-refractivity contribution is -0.116. The number of H-pyrrole nitrogens is 1. The highest BCUT2D eigenvalue weighted by Crippen LogP contribution is 2.21. The van der Waals surface area contributed by atoms with Gasteiger partial charge in [0.05, 0.1) is 11.0 Å². The van der Waals surface area contributed by atoms with Crippen LogP contribution in [0.2, 0.25) is 0 Å². The molecule has 0 aliphatic rings. The van der Waals surface area contributed by atoms with Crippen LogP contribution < -0.4 is 15.6 Å². The van der Waals surface area contributed by atoms with E-state index in [4.69, 9.17) is 4.74 Å². The second kappa shape index (κ2) is 8.74. The molecule has 2 N–H and O–H groups in total. The minimum atomic E-state index is -0.276. The quantitative estimate of drug-likeness (QED) is 0.497. The summed E-state index contributed by atoms with van der Waals surface area (Å²) in [4.78, 5) is 40.1. The van der Waals surface area contributed by atoms with Gasteiger partial charge in [0.25, 0.3) is 5.56 Å². The van der Waals surface area contributed by atoms with Crippen molar-refractivity contribution in [1.29, 1.82) is 0 Å². The van der Waals surface area contributed by atoms with Crippen molar-refractivity contribution in [2.24, 2.45) is 0 Å². The average molecular weight is 415 g/mol. The maximum absolute atomic E-state index is 12.3. The number of aryl methyl sites for hydroxylation is 3. The summed E-state index contributed by atoms with van der Waals surface area (Å²) < 4.78 is 5.67. The number of hydrogen-bond acceptors (Lipinski definition) is 6. The van der Waals surface area contributed by atoms with Crippen LogP contribution in [0.3, 0.4) is 0 Å². The van der Waals surface area contributed by atoms with E-state index in [1.807, 2.05) is 38.1 Å². The smallest absolute Gasteiger partial charge is 0.322 e. The number of aromatic nitrogens is 4. The van der Waals surface area contributed by atoms with E-state index in [-0.39, 0.29) is 30.3 Å². The largest absolute Gasteiger partial charge is 0.424 e. The number of nitrogens with one attached hydrogen (secondary N) is 2. The van der Waals surface area contributed by atoms with Gasteiger partial charge in [-0.25, -0.2) is 15.0 Å². The topological polar surface area (TPSA) is 110 Å². The zero-order valence-electron chi connectivity index (χ0n) is 17.2. The molecule has 0 saturated heterocycles. The molecule has 1 amide bonds. The molecule has 4 rings (SSSR count). The molecule has 2 aromatic heterocycles. The second-order valence-corrected chi connectivity index (χ2v) is 7.14. The lowest BCUT2D eigenvalue weighted by atomic mass is 10.2. The van der Waals surface area contributed by atoms with Crippen LogP contribution in [0.25, 0.3) is 11.0 Å². The Balaban J connectivity index is 1.35. The molecule has 8 nitrogen and oxygen atoms in total. The van der Waals surface area contributed by atoms with Gasteiger partial charge < -0.3 is 15.0 Å². The van der Waals surface area contributed by atoms with Gasteiger partial charge in [-0.2, -0.15) is 0 Å². The number of benzene rings is 2. The van der Waals surface area contributed by atoms with Crippen molar-refractivity contribution < 1.29 is 9.53 Å². The molecular formula is C23H21N5O3. The molecule has 0 radical (unpaired) electrons. The van der Waals surface area contributed by atoms with Gasteiger partial charge in [-0.15, -0.1) is 0 Å². The lowest BCUT2D eigenvalue weighted by Gasteiger charge is -2.08. The number of fused-ring (bicyclic) bond motifs is 1. The minimum absolute atomic E-state index is 0.142. The van der Waals surface area contributed by atoms with E-state index in [0.29, 0.717) is 28.2 Å². The first-order valence-corrected chi connectivity index (χ1v) is 9.84. The zero-order valence-corrected chi connectivity index (χ0v) is 17.2. The predicted octanol–water partition coefficient (Wildman–Crippen LogP) is 3.69. The van der Waals surface area contributed by atoms with Gasteiger partial charge in [0.2, 0.25) is 5.91 Å². The van der Waals surface area contributed by atoms with Gasteiger partial charge in [0.1, 0.15) is 11.4 Å². The van der Waals surface area contributed by atoms with Crippen LogP contribution in [0.1, 0.15) is 23.5 Å². The number of carbonyl (C=O) groups is 1. The number of carbonyl (C=O) groups excluding carboxylic acids is 1. The summed E-state index contributed by atoms with van der Waals surface area (Å²) in [6.45, 7) is 3.75. The molecule has 0 bridgehead atoms. The summed E-state index contributed by atoms with van der Waals surface area (Å²) in [5.41, 5.74) is 3.71. The molecule has 0 spiro atoms. The number of para-hydroxylation sites is 2. The van der Waals surface area contributed by atoms with Gasteiger partial charge in [-0.1, -0.05) is 12.1 Å². The van der Waals surface area contributed by atoms with Crippen molar-refractivity contribution >= 4 is 22.6 Å². The number of ether oxygens (including phenoxy) is 1. The third-order valence-corrected chi connectivity index (χ3v) is 4.57. The van der Waals surface area contributed by atoms with E-state index >= 15 is 0 Å². The summed E-state index contributed by atoms with van der Waals surface area (Å²) >= 11 is 0. The van der Waals surface area contributed by atoms with E-state index < -0.39 is 0 Å². The molecule has 8 heteroatoms. The molecule has 0 fully saturated rings. The van der Waals surface area contributed by atoms with E-state index in [9.17, 15) is 9.59 Å². The fourth-order valence-electron chi connectivity index (χ4n) is 3.14. The number of nitrogens with zero attached hydrogens (tertiary/aromatic N) is 3. The molecule has 4 aromatic rings. The van der Waals surface area contributed by atoms with E-state index in [1.165, 1.54) is 0 Å². The Bertz CT molecular complexity index is 1280. The van der Waals surface area contributed by atoms with Crippen molar-refractivity contribution in [3.63, 3.8) is 0 Å². The number of hydrogen-bond donors (Lipinski definition) is 2. The maximum atomic E-state index is 12.3. The number of rotatable bonds is 6. The lowest BCUT2D eigenvalue weighted by Crippen LogP contribution is -2.18. The third-order valence-electron chi connectivity index (χ3n) is 4.57. The molecule has 2 aromatic carbocycles. The van der Waals surface area contributed by atoms with Gasteiger partial charge in [-0.3, -0.25) is 9.59 Å². The Morgan fingerprint density at radius 2 is 1.71 bits per heavy atom. The fourth-order valence-corrected chi connectivity index (χ4v) is 3.14. The first-order chi connectivity index (χ1) is 15.0. The first kappa shape index (κ1) is 20.2. The first-order valence-electron chi connectivity index (χ1n) is 9.84. The van der Waals surface area contributed by atoms with Crippen LogP contribution in [0.4, 0.5) is 5.69 Å². The van der Waals surface area contributed by atoms with E-state index in [0.717, 1.165) is 11.4 Å². The Morgan fingerprint density at radius 3 is 2.45 bits per heavy atom. The van der Waals surface area contributed by atoms with Crippen molar-refractivity contribution in [1.82, 2.24) is 19.9 Å². The molecular weight excluding hydrogens is 394 g/mol. The van der Waals surface area contributed by atoms with Gasteiger partial charge in [-0.05, 0) is 56.3 Å². The minimum Gasteiger partial charge on any atom is -0.424 e. The van der Waals surface area contributed by atoms with Crippen LogP contribution in [0.5, 0.6) is 11.8 Å². The molecule has 0 atom stereocenters. The summed E-state index contributed by atoms with van der Waals surface area (Å²) in [5, 5.41) is 2.81. The van der Waals surface area contributed by atoms with Crippen LogP contribution in [0, 0.1) is 13.8 Å². The van der Waals surface area contributed by atoms with Crippen LogP contribution in [0.15, 0.2) is 59.4 Å². The van der Waals surface area contributed by atoms with Crippen LogP contribution in [-0.4, -0.2) is 25.8 Å². The molecule has 31 heavy (non-hydrogen) atoms. The van der Waals surface area contributed by atoms with Gasteiger partial charge >= 0.3 is 6.01 Å². The van der Waals surface area contributed by atoms with Crippen LogP contribution >= 0.6 is 0 Å². The summed E-state index contributed by atoms with van der Waals surface area (Å²) in [7, 11) is 0. The molecule has 156 valence electrons. The van der Waals surface area contributed by atoms with Crippen molar-refractivity contribution in [3.05, 3.63) is 82.0 Å². The summed E-state index contributed by atoms with van der Waals surface area (Å²) in [5.74, 6) is 0.357. The highest BCUT2D eigenvalue weighted by molar-refractivity contribution is 5.90. The molecule has 0 saturated carbocycles. The highest BCUT2D eigenvalue weighted by Gasteiger charge is 2.09. The summed E-state index contributed by atoms with van der Waals surface area (Å²) in [6.07, 6.45) is 0.389. The summed E-state index contributed by atoms with van der Waals surface area (Å²) in [6, 6.07) is 16.4. The van der Waals surface area contributed by atoms with Crippen molar-refractivity contribution in [2.45, 2.75) is 26.7 Å². The van der Waals surface area contributed by atoms with E-state index in [2.05, 4.69) is 25.3 Å². The number of aromatic amines is 1. The Kier molecular flexibility index (Phi) is 5.70. The average Bonchev–Trinajstić information content (AvgIpc) is 2.73. The van der Waals surface area contributed by atoms with Crippen LogP contribution in [-0.2, 0) is 11.2 Å². The molecule has 2 heterocycles. The number of amides is 1. The molecule has 0 unspecified atom stereocenters. The number of anilines is 1. The molecule has 0 aliphatic heterocycles. The zero-order chi connectivity index (χ0) is 21.8. The van der Waals surface area contributed by atoms with Crippen molar-refractivity contribution in [2.75, 3.05) is 5.32 Å². The fraction of sp³-hybridized carbons (Fsp3) is 0.174. The van der Waals surface area contributed by atoms with Crippen molar-refractivity contribution in [3.8, 4) is 11.8 Å². The Morgan fingerprint density at radius 1 is 1.00 bits per heavy atom. The Labute approximate surface area is 178 Å². The second-order valence-electron chi connectivity index (χ2n) is 7.14. The third kappa shape index (κ3) is 5.11. The van der Waals surface area contributed by atoms with Gasteiger partial charge in [0.15, 0.2) is 0 Å². The monoisotopic (exact) mass is 415 g/mol. The van der Waals surface area contributed by atoms with E-state index in [1.54, 1.807) is 30.3 Å². The standard InChI is InChI=1S/C23H21N5O3/c1-14-13-15(2)25-23(24-14)31-17-9-7-16(8-10-17)26-21(29)12-11-20-22(30)28-19-6-4-3-5-18(19)27-20/h3-10,13H,11-12H2,1-2H3,(H,26,29)(H,28,30). The maximum Gasteiger partial charge on any atom is 0.322 e. The van der Waals surface area contributed by atoms with Gasteiger partial charge in [0, 0.05) is 29.9 Å². The normalized spacial score (nSPS) is 10.8. The SMILES string of the molecule is Cc1cc(C)nc(Oc2ccc(NC(=O)CCc3nc4ccccc4[nH]c3=O)cc2)n1. The molecule has 0 aliphatic carbocycles. The Hall–Kier alpha value is -4.07. The predicted molar refractivity (Wildman–Crippen MR) is 117 cm³/mol. The highest BCUT2D eigenvalue weighted by atomic mass is 16.5.